The third kappa shape index (κ3) is 4.56. The number of nitrogens with one attached hydrogen (secondary N) is 2. The maximum Gasteiger partial charge on any atom is 0.292 e. The molecule has 3 rings (SSSR count). The Morgan fingerprint density at radius 3 is 2.50 bits per heavy atom. The van der Waals surface area contributed by atoms with Crippen LogP contribution < -0.4 is 10.6 Å². The van der Waals surface area contributed by atoms with E-state index in [0.29, 0.717) is 18.2 Å². The van der Waals surface area contributed by atoms with E-state index in [-0.39, 0.29) is 22.4 Å². The molecule has 0 aliphatic heterocycles. The second-order valence-corrected chi connectivity index (χ2v) is 6.60. The van der Waals surface area contributed by atoms with Gasteiger partial charge >= 0.3 is 0 Å². The normalized spacial score (nSPS) is 19.5. The largest absolute Gasteiger partial charge is 0.379 e. The number of benzene rings is 1. The number of carbonyl (C=O) groups excluding carboxylic acids is 1. The first-order valence-corrected chi connectivity index (χ1v) is 8.81. The average molecular weight is 354 g/mol. The summed E-state index contributed by atoms with van der Waals surface area (Å²) in [7, 11) is 0. The third-order valence-electron chi connectivity index (χ3n) is 4.85. The van der Waals surface area contributed by atoms with E-state index in [1.54, 1.807) is 42.7 Å². The van der Waals surface area contributed by atoms with Gasteiger partial charge in [-0.1, -0.05) is 12.1 Å². The Morgan fingerprint density at radius 1 is 1.12 bits per heavy atom. The van der Waals surface area contributed by atoms with E-state index in [1.165, 1.54) is 6.07 Å². The number of pyridine rings is 1. The molecule has 7 heteroatoms. The summed E-state index contributed by atoms with van der Waals surface area (Å²) in [6.45, 7) is 0.684. The molecular weight excluding hydrogens is 332 g/mol. The van der Waals surface area contributed by atoms with Crippen molar-refractivity contribution in [3.8, 4) is 0 Å². The molecule has 0 saturated heterocycles. The van der Waals surface area contributed by atoms with Gasteiger partial charge in [-0.15, -0.1) is 0 Å². The third-order valence-corrected chi connectivity index (χ3v) is 4.85. The molecule has 7 nitrogen and oxygen atoms in total. The van der Waals surface area contributed by atoms with Crippen LogP contribution in [0.4, 0.5) is 17.1 Å². The fourth-order valence-electron chi connectivity index (χ4n) is 3.34. The summed E-state index contributed by atoms with van der Waals surface area (Å²) in [5, 5.41) is 17.2. The molecule has 1 heterocycles. The fourth-order valence-corrected chi connectivity index (χ4v) is 3.34. The van der Waals surface area contributed by atoms with Gasteiger partial charge in [0.2, 0.25) is 5.91 Å². The van der Waals surface area contributed by atoms with Crippen molar-refractivity contribution in [2.45, 2.75) is 25.7 Å². The van der Waals surface area contributed by atoms with E-state index in [9.17, 15) is 14.9 Å². The summed E-state index contributed by atoms with van der Waals surface area (Å²) in [6.07, 6.45) is 6.84. The van der Waals surface area contributed by atoms with Gasteiger partial charge in [-0.05, 0) is 49.8 Å². The van der Waals surface area contributed by atoms with Gasteiger partial charge in [0.15, 0.2) is 0 Å². The molecule has 26 heavy (non-hydrogen) atoms. The van der Waals surface area contributed by atoms with Gasteiger partial charge in [-0.3, -0.25) is 19.9 Å². The zero-order valence-corrected chi connectivity index (χ0v) is 14.4. The molecule has 136 valence electrons. The molecule has 0 unspecified atom stereocenters. The van der Waals surface area contributed by atoms with E-state index >= 15 is 0 Å². The number of rotatable bonds is 6. The van der Waals surface area contributed by atoms with Crippen molar-refractivity contribution < 1.29 is 9.72 Å². The molecule has 0 bridgehead atoms. The Hall–Kier alpha value is -2.96. The Morgan fingerprint density at radius 2 is 1.81 bits per heavy atom. The second kappa shape index (κ2) is 8.42. The van der Waals surface area contributed by atoms with Crippen LogP contribution in [0.2, 0.25) is 0 Å². The summed E-state index contributed by atoms with van der Waals surface area (Å²) in [5.74, 6) is 0.492. The van der Waals surface area contributed by atoms with Gasteiger partial charge in [0.05, 0.1) is 4.92 Å². The van der Waals surface area contributed by atoms with Crippen molar-refractivity contribution in [2.75, 3.05) is 17.2 Å². The minimum atomic E-state index is -0.372. The molecule has 1 amide bonds. The molecular formula is C19H22N4O3. The predicted octanol–water partition coefficient (Wildman–Crippen LogP) is 3.85. The first-order valence-electron chi connectivity index (χ1n) is 8.81. The molecule has 0 spiro atoms. The van der Waals surface area contributed by atoms with Crippen LogP contribution in [0.5, 0.6) is 0 Å². The highest BCUT2D eigenvalue weighted by molar-refractivity contribution is 5.92. The van der Waals surface area contributed by atoms with E-state index in [1.807, 2.05) is 0 Å². The van der Waals surface area contributed by atoms with Crippen LogP contribution in [0.1, 0.15) is 25.7 Å². The first-order chi connectivity index (χ1) is 12.6. The first kappa shape index (κ1) is 17.8. The number of anilines is 2. The van der Waals surface area contributed by atoms with Gasteiger partial charge < -0.3 is 10.6 Å². The molecule has 1 aromatic carbocycles. The highest BCUT2D eigenvalue weighted by atomic mass is 16.6. The molecule has 0 atom stereocenters. The van der Waals surface area contributed by atoms with Gasteiger partial charge in [-0.2, -0.15) is 0 Å². The molecule has 0 radical (unpaired) electrons. The van der Waals surface area contributed by atoms with Crippen molar-refractivity contribution in [2.24, 2.45) is 11.8 Å². The SMILES string of the molecule is O=C(Nc1ccncc1)[C@H]1CC[C@H](CNc2ccccc2[N+](=O)[O-])CC1. The molecule has 1 saturated carbocycles. The summed E-state index contributed by atoms with van der Waals surface area (Å²) in [4.78, 5) is 27.0. The summed E-state index contributed by atoms with van der Waals surface area (Å²) < 4.78 is 0. The van der Waals surface area contributed by atoms with Gasteiger partial charge in [-0.25, -0.2) is 0 Å². The van der Waals surface area contributed by atoms with Crippen LogP contribution in [0.25, 0.3) is 0 Å². The van der Waals surface area contributed by atoms with Gasteiger partial charge in [0.25, 0.3) is 5.69 Å². The number of hydrogen-bond donors (Lipinski definition) is 2. The number of para-hydroxylation sites is 2. The number of aromatic nitrogens is 1. The molecule has 2 N–H and O–H groups in total. The standard InChI is InChI=1S/C19H22N4O3/c24-19(22-16-9-11-20-12-10-16)15-7-5-14(6-8-15)13-21-17-3-1-2-4-18(17)23(25)26/h1-4,9-12,14-15,21H,5-8,13H2,(H,20,22,24)/t14-,15-. The lowest BCUT2D eigenvalue weighted by Gasteiger charge is -2.28. The van der Waals surface area contributed by atoms with Crippen LogP contribution in [-0.4, -0.2) is 22.4 Å². The fraction of sp³-hybridized carbons (Fsp3) is 0.368. The lowest BCUT2D eigenvalue weighted by Crippen LogP contribution is -2.29. The molecule has 1 aliphatic carbocycles. The second-order valence-electron chi connectivity index (χ2n) is 6.60. The van der Waals surface area contributed by atoms with Crippen molar-refractivity contribution in [3.63, 3.8) is 0 Å². The minimum Gasteiger partial charge on any atom is -0.379 e. The maximum absolute atomic E-state index is 12.4. The van der Waals surface area contributed by atoms with Crippen LogP contribution in [0.15, 0.2) is 48.8 Å². The number of nitro groups is 1. The Kier molecular flexibility index (Phi) is 5.78. The molecule has 1 fully saturated rings. The van der Waals surface area contributed by atoms with E-state index < -0.39 is 0 Å². The summed E-state index contributed by atoms with van der Waals surface area (Å²) in [6, 6.07) is 10.2. The Balaban J connectivity index is 1.47. The number of nitrogens with zero attached hydrogens (tertiary/aromatic N) is 2. The van der Waals surface area contributed by atoms with Crippen molar-refractivity contribution in [1.29, 1.82) is 0 Å². The highest BCUT2D eigenvalue weighted by Crippen LogP contribution is 2.31. The lowest BCUT2D eigenvalue weighted by atomic mass is 9.81. The van der Waals surface area contributed by atoms with Crippen LogP contribution in [0, 0.1) is 22.0 Å². The van der Waals surface area contributed by atoms with E-state index in [2.05, 4.69) is 15.6 Å². The molecule has 2 aromatic rings. The van der Waals surface area contributed by atoms with Crippen molar-refractivity contribution >= 4 is 23.0 Å². The zero-order valence-electron chi connectivity index (χ0n) is 14.4. The number of hydrogen-bond acceptors (Lipinski definition) is 5. The monoisotopic (exact) mass is 354 g/mol. The molecule has 1 aromatic heterocycles. The van der Waals surface area contributed by atoms with Gasteiger partial charge in [0, 0.05) is 36.6 Å². The quantitative estimate of drug-likeness (QED) is 0.607. The minimum absolute atomic E-state index is 0.0190. The number of carbonyl (C=O) groups is 1. The van der Waals surface area contributed by atoms with Gasteiger partial charge in [0.1, 0.15) is 5.69 Å². The summed E-state index contributed by atoms with van der Waals surface area (Å²) in [5.41, 5.74) is 1.41. The maximum atomic E-state index is 12.4. The summed E-state index contributed by atoms with van der Waals surface area (Å²) >= 11 is 0. The number of nitro benzene ring substituents is 1. The lowest BCUT2D eigenvalue weighted by molar-refractivity contribution is -0.384. The predicted molar refractivity (Wildman–Crippen MR) is 99.9 cm³/mol. The highest BCUT2D eigenvalue weighted by Gasteiger charge is 2.26. The van der Waals surface area contributed by atoms with Crippen LogP contribution in [0.3, 0.4) is 0 Å². The Labute approximate surface area is 152 Å². The average Bonchev–Trinajstić information content (AvgIpc) is 2.67. The van der Waals surface area contributed by atoms with E-state index in [0.717, 1.165) is 31.4 Å². The van der Waals surface area contributed by atoms with Crippen LogP contribution >= 0.6 is 0 Å². The number of amides is 1. The van der Waals surface area contributed by atoms with Crippen LogP contribution in [-0.2, 0) is 4.79 Å². The van der Waals surface area contributed by atoms with Crippen molar-refractivity contribution in [3.05, 3.63) is 58.9 Å². The van der Waals surface area contributed by atoms with E-state index in [4.69, 9.17) is 0 Å². The topological polar surface area (TPSA) is 97.2 Å². The smallest absolute Gasteiger partial charge is 0.292 e. The Bertz CT molecular complexity index is 758. The molecule has 1 aliphatic rings. The van der Waals surface area contributed by atoms with Crippen molar-refractivity contribution in [1.82, 2.24) is 4.98 Å². The zero-order chi connectivity index (χ0) is 18.4.